The van der Waals surface area contributed by atoms with Crippen molar-refractivity contribution in [3.63, 3.8) is 0 Å². The van der Waals surface area contributed by atoms with Gasteiger partial charge in [0.2, 0.25) is 0 Å². The predicted octanol–water partition coefficient (Wildman–Crippen LogP) is 3.15. The number of hydrogen-bond acceptors (Lipinski definition) is 5. The van der Waals surface area contributed by atoms with Crippen LogP contribution >= 0.6 is 0 Å². The maximum absolute atomic E-state index is 12.9. The fraction of sp³-hybridized carbons (Fsp3) is 0.286. The van der Waals surface area contributed by atoms with Gasteiger partial charge in [-0.3, -0.25) is 14.8 Å². The van der Waals surface area contributed by atoms with Crippen molar-refractivity contribution in [1.29, 1.82) is 0 Å². The number of hydrogen-bond donors (Lipinski definition) is 2. The minimum absolute atomic E-state index is 0.161. The number of unbranched alkanes of at least 4 members (excludes halogenated alkanes) is 1. The van der Waals surface area contributed by atoms with Crippen LogP contribution in [0.2, 0.25) is 0 Å². The van der Waals surface area contributed by atoms with E-state index in [1.165, 1.54) is 5.01 Å². The lowest BCUT2D eigenvalue weighted by Crippen LogP contribution is -2.27. The standard InChI is InChI=1S/C21H26N4O3/c1-4-5-14-25(21(27)18-10-12-19(13-11-18)24(2)3)22-15-16-6-8-17(9-7-16)20(26)23-28/h6-13,15,28H,4-5,14H2,1-3H3,(H,23,26)/b22-15+. The van der Waals surface area contributed by atoms with Crippen LogP contribution in [0.3, 0.4) is 0 Å². The fourth-order valence-corrected chi connectivity index (χ4v) is 2.49. The lowest BCUT2D eigenvalue weighted by atomic mass is 10.1. The van der Waals surface area contributed by atoms with Crippen LogP contribution in [0.1, 0.15) is 46.0 Å². The van der Waals surface area contributed by atoms with Crippen molar-refractivity contribution in [1.82, 2.24) is 10.5 Å². The van der Waals surface area contributed by atoms with Gasteiger partial charge in [0.1, 0.15) is 0 Å². The molecule has 7 heteroatoms. The minimum Gasteiger partial charge on any atom is -0.378 e. The van der Waals surface area contributed by atoms with Crippen molar-refractivity contribution < 1.29 is 14.8 Å². The lowest BCUT2D eigenvalue weighted by Gasteiger charge is -2.18. The van der Waals surface area contributed by atoms with Gasteiger partial charge in [0.05, 0.1) is 6.21 Å². The molecule has 0 aromatic heterocycles. The number of rotatable bonds is 8. The third-order valence-corrected chi connectivity index (χ3v) is 4.21. The molecular weight excluding hydrogens is 356 g/mol. The van der Waals surface area contributed by atoms with Gasteiger partial charge in [-0.25, -0.2) is 10.5 Å². The first-order valence-electron chi connectivity index (χ1n) is 9.14. The highest BCUT2D eigenvalue weighted by Gasteiger charge is 2.14. The molecule has 148 valence electrons. The highest BCUT2D eigenvalue weighted by molar-refractivity contribution is 5.96. The van der Waals surface area contributed by atoms with Crippen molar-refractivity contribution in [3.8, 4) is 0 Å². The molecule has 0 bridgehead atoms. The Morgan fingerprint density at radius 2 is 1.64 bits per heavy atom. The largest absolute Gasteiger partial charge is 0.378 e. The van der Waals surface area contributed by atoms with Gasteiger partial charge in [0.25, 0.3) is 11.8 Å². The van der Waals surface area contributed by atoms with E-state index in [1.807, 2.05) is 31.1 Å². The minimum atomic E-state index is -0.579. The molecule has 2 N–H and O–H groups in total. The number of anilines is 1. The monoisotopic (exact) mass is 382 g/mol. The van der Waals surface area contributed by atoms with E-state index in [0.717, 1.165) is 24.1 Å². The van der Waals surface area contributed by atoms with Gasteiger partial charge >= 0.3 is 0 Å². The molecule has 0 saturated carbocycles. The fourth-order valence-electron chi connectivity index (χ4n) is 2.49. The van der Waals surface area contributed by atoms with Crippen LogP contribution in [0.15, 0.2) is 53.6 Å². The Hall–Kier alpha value is -3.19. The molecule has 0 unspecified atom stereocenters. The quantitative estimate of drug-likeness (QED) is 0.417. The molecule has 0 heterocycles. The SMILES string of the molecule is CCCCN(/N=C/c1ccc(C(=O)NO)cc1)C(=O)c1ccc(N(C)C)cc1. The number of nitrogens with one attached hydrogen (secondary N) is 1. The first kappa shape index (κ1) is 21.1. The number of carbonyl (C=O) groups excluding carboxylic acids is 2. The zero-order valence-electron chi connectivity index (χ0n) is 16.4. The molecule has 2 rings (SSSR count). The molecule has 0 spiro atoms. The number of nitrogens with zero attached hydrogens (tertiary/aromatic N) is 3. The summed E-state index contributed by atoms with van der Waals surface area (Å²) in [4.78, 5) is 26.2. The molecule has 0 aliphatic carbocycles. The molecule has 0 atom stereocenters. The Morgan fingerprint density at radius 1 is 1.04 bits per heavy atom. The second-order valence-corrected chi connectivity index (χ2v) is 6.53. The van der Waals surface area contributed by atoms with Gasteiger partial charge in [0, 0.05) is 37.5 Å². The lowest BCUT2D eigenvalue weighted by molar-refractivity contribution is 0.0706. The van der Waals surface area contributed by atoms with Crippen LogP contribution in [-0.4, -0.2) is 48.9 Å². The summed E-state index contributed by atoms with van der Waals surface area (Å²) in [6.07, 6.45) is 3.38. The Bertz CT molecular complexity index is 815. The van der Waals surface area contributed by atoms with E-state index in [1.54, 1.807) is 48.1 Å². The normalized spacial score (nSPS) is 10.7. The van der Waals surface area contributed by atoms with Crippen molar-refractivity contribution in [3.05, 3.63) is 65.2 Å². The smallest absolute Gasteiger partial charge is 0.274 e. The van der Waals surface area contributed by atoms with Gasteiger partial charge < -0.3 is 4.90 Å². The van der Waals surface area contributed by atoms with E-state index in [9.17, 15) is 9.59 Å². The number of hydroxylamine groups is 1. The summed E-state index contributed by atoms with van der Waals surface area (Å²) in [5.74, 6) is -0.740. The summed E-state index contributed by atoms with van der Waals surface area (Å²) in [6.45, 7) is 2.58. The van der Waals surface area contributed by atoms with Gasteiger partial charge in [-0.1, -0.05) is 25.5 Å². The number of amides is 2. The number of hydrazone groups is 1. The van der Waals surface area contributed by atoms with E-state index in [0.29, 0.717) is 17.7 Å². The third kappa shape index (κ3) is 5.65. The van der Waals surface area contributed by atoms with Crippen molar-refractivity contribution in [2.45, 2.75) is 19.8 Å². The van der Waals surface area contributed by atoms with Gasteiger partial charge in [-0.2, -0.15) is 5.10 Å². The summed E-state index contributed by atoms with van der Waals surface area (Å²) in [6, 6.07) is 13.9. The first-order chi connectivity index (χ1) is 13.5. The highest BCUT2D eigenvalue weighted by atomic mass is 16.5. The van der Waals surface area contributed by atoms with Crippen molar-refractivity contribution in [2.75, 3.05) is 25.5 Å². The number of carbonyl (C=O) groups is 2. The number of benzene rings is 2. The average Bonchev–Trinajstić information content (AvgIpc) is 2.73. The molecule has 2 aromatic rings. The molecule has 7 nitrogen and oxygen atoms in total. The van der Waals surface area contributed by atoms with E-state index < -0.39 is 5.91 Å². The summed E-state index contributed by atoms with van der Waals surface area (Å²) < 4.78 is 0. The van der Waals surface area contributed by atoms with E-state index in [4.69, 9.17) is 5.21 Å². The van der Waals surface area contributed by atoms with Crippen LogP contribution in [0.4, 0.5) is 5.69 Å². The maximum atomic E-state index is 12.9. The van der Waals surface area contributed by atoms with Crippen molar-refractivity contribution >= 4 is 23.7 Å². The molecule has 0 radical (unpaired) electrons. The van der Waals surface area contributed by atoms with Crippen LogP contribution in [-0.2, 0) is 0 Å². The highest BCUT2D eigenvalue weighted by Crippen LogP contribution is 2.14. The summed E-state index contributed by atoms with van der Waals surface area (Å²) in [5.41, 5.74) is 4.26. The van der Waals surface area contributed by atoms with Crippen LogP contribution < -0.4 is 10.4 Å². The van der Waals surface area contributed by atoms with Crippen LogP contribution in [0.25, 0.3) is 0 Å². The zero-order chi connectivity index (χ0) is 20.5. The van der Waals surface area contributed by atoms with Crippen molar-refractivity contribution in [2.24, 2.45) is 5.10 Å². The summed E-state index contributed by atoms with van der Waals surface area (Å²) in [5, 5.41) is 14.5. The Balaban J connectivity index is 2.16. The topological polar surface area (TPSA) is 85.2 Å². The van der Waals surface area contributed by atoms with Gasteiger partial charge in [-0.15, -0.1) is 0 Å². The zero-order valence-corrected chi connectivity index (χ0v) is 16.4. The second-order valence-electron chi connectivity index (χ2n) is 6.53. The Kier molecular flexibility index (Phi) is 7.71. The van der Waals surface area contributed by atoms with Crippen LogP contribution in [0.5, 0.6) is 0 Å². The molecule has 0 fully saturated rings. The predicted molar refractivity (Wildman–Crippen MR) is 110 cm³/mol. The summed E-state index contributed by atoms with van der Waals surface area (Å²) >= 11 is 0. The molecule has 0 saturated heterocycles. The molecule has 0 aliphatic heterocycles. The van der Waals surface area contributed by atoms with E-state index >= 15 is 0 Å². The van der Waals surface area contributed by atoms with Gasteiger partial charge in [0.15, 0.2) is 0 Å². The molecule has 28 heavy (non-hydrogen) atoms. The third-order valence-electron chi connectivity index (χ3n) is 4.21. The maximum Gasteiger partial charge on any atom is 0.274 e. The molecule has 0 aliphatic rings. The first-order valence-corrected chi connectivity index (χ1v) is 9.14. The Labute approximate surface area is 165 Å². The molecule has 2 amide bonds. The van der Waals surface area contributed by atoms with E-state index in [2.05, 4.69) is 12.0 Å². The van der Waals surface area contributed by atoms with Gasteiger partial charge in [-0.05, 0) is 48.4 Å². The van der Waals surface area contributed by atoms with E-state index in [-0.39, 0.29) is 5.91 Å². The molecular formula is C21H26N4O3. The Morgan fingerprint density at radius 3 is 2.18 bits per heavy atom. The van der Waals surface area contributed by atoms with Crippen LogP contribution in [0, 0.1) is 0 Å². The molecule has 2 aromatic carbocycles. The average molecular weight is 382 g/mol. The summed E-state index contributed by atoms with van der Waals surface area (Å²) in [7, 11) is 3.90. The second kappa shape index (κ2) is 10.2.